The average Bonchev–Trinajstić information content (AvgIpc) is 2.27. The van der Waals surface area contributed by atoms with Crippen molar-refractivity contribution in [2.75, 3.05) is 12.3 Å². The molecule has 7 heteroatoms. The Kier molecular flexibility index (Phi) is 3.68. The first-order valence-electron chi connectivity index (χ1n) is 5.58. The lowest BCUT2D eigenvalue weighted by atomic mass is 9.78. The molecule has 1 saturated carbocycles. The minimum Gasteiger partial charge on any atom is -0.398 e. The lowest BCUT2D eigenvalue weighted by Gasteiger charge is -2.40. The van der Waals surface area contributed by atoms with Crippen LogP contribution in [-0.2, 0) is 10.0 Å². The van der Waals surface area contributed by atoms with Crippen LogP contribution in [0, 0.1) is 0 Å². The normalized spacial score (nSPS) is 18.3. The third-order valence-corrected chi connectivity index (χ3v) is 5.54. The van der Waals surface area contributed by atoms with Crippen LogP contribution in [0.4, 0.5) is 5.69 Å². The van der Waals surface area contributed by atoms with E-state index >= 15 is 0 Å². The number of nitrogens with one attached hydrogen (secondary N) is 1. The molecular weight excluding hydrogens is 320 g/mol. The monoisotopic (exact) mass is 334 g/mol. The fourth-order valence-electron chi connectivity index (χ4n) is 1.93. The largest absolute Gasteiger partial charge is 0.398 e. The van der Waals surface area contributed by atoms with E-state index in [4.69, 9.17) is 5.73 Å². The van der Waals surface area contributed by atoms with Crippen LogP contribution in [0.5, 0.6) is 0 Å². The number of aliphatic hydroxyl groups excluding tert-OH is 1. The molecule has 18 heavy (non-hydrogen) atoms. The zero-order valence-electron chi connectivity index (χ0n) is 9.69. The second-order valence-electron chi connectivity index (χ2n) is 4.58. The van der Waals surface area contributed by atoms with E-state index in [9.17, 15) is 13.5 Å². The van der Waals surface area contributed by atoms with Gasteiger partial charge in [-0.05, 0) is 53.4 Å². The summed E-state index contributed by atoms with van der Waals surface area (Å²) >= 11 is 3.22. The third kappa shape index (κ3) is 2.54. The summed E-state index contributed by atoms with van der Waals surface area (Å²) in [5.74, 6) is 0. The van der Waals surface area contributed by atoms with Crippen molar-refractivity contribution in [1.29, 1.82) is 0 Å². The highest BCUT2D eigenvalue weighted by atomic mass is 79.9. The Morgan fingerprint density at radius 2 is 2.11 bits per heavy atom. The van der Waals surface area contributed by atoms with Crippen molar-refractivity contribution in [1.82, 2.24) is 4.72 Å². The summed E-state index contributed by atoms with van der Waals surface area (Å²) in [6.45, 7) is -0.182. The molecule has 0 radical (unpaired) electrons. The Labute approximate surface area is 115 Å². The molecule has 2 rings (SSSR count). The molecule has 0 spiro atoms. The third-order valence-electron chi connectivity index (χ3n) is 3.24. The van der Waals surface area contributed by atoms with Gasteiger partial charge in [0.25, 0.3) is 0 Å². The van der Waals surface area contributed by atoms with Crippen LogP contribution in [-0.4, -0.2) is 25.7 Å². The molecule has 0 unspecified atom stereocenters. The second-order valence-corrected chi connectivity index (χ2v) is 7.12. The summed E-state index contributed by atoms with van der Waals surface area (Å²) in [6, 6.07) is 4.47. The van der Waals surface area contributed by atoms with E-state index in [-0.39, 0.29) is 11.5 Å². The smallest absolute Gasteiger partial charge is 0.241 e. The van der Waals surface area contributed by atoms with Crippen LogP contribution in [0.15, 0.2) is 27.6 Å². The molecule has 1 aliphatic carbocycles. The molecule has 0 saturated heterocycles. The number of aliphatic hydroxyl groups is 1. The summed E-state index contributed by atoms with van der Waals surface area (Å²) in [4.78, 5) is 0.114. The van der Waals surface area contributed by atoms with Crippen LogP contribution >= 0.6 is 15.9 Å². The predicted octanol–water partition coefficient (Wildman–Crippen LogP) is 1.22. The first-order valence-corrected chi connectivity index (χ1v) is 7.86. The Balaban J connectivity index is 2.28. The van der Waals surface area contributed by atoms with Gasteiger partial charge < -0.3 is 10.8 Å². The fraction of sp³-hybridized carbons (Fsp3) is 0.455. The molecule has 0 amide bonds. The van der Waals surface area contributed by atoms with Crippen LogP contribution < -0.4 is 10.5 Å². The maximum absolute atomic E-state index is 12.2. The highest BCUT2D eigenvalue weighted by Gasteiger charge is 2.40. The second kappa shape index (κ2) is 4.80. The van der Waals surface area contributed by atoms with Crippen molar-refractivity contribution >= 4 is 31.6 Å². The maximum Gasteiger partial charge on any atom is 0.241 e. The maximum atomic E-state index is 12.2. The van der Waals surface area contributed by atoms with Gasteiger partial charge in [-0.3, -0.25) is 0 Å². The average molecular weight is 335 g/mol. The number of benzene rings is 1. The summed E-state index contributed by atoms with van der Waals surface area (Å²) in [7, 11) is -3.64. The first-order chi connectivity index (χ1) is 8.38. The number of hydrogen-bond donors (Lipinski definition) is 3. The Hall–Kier alpha value is -0.630. The number of sulfonamides is 1. The minimum atomic E-state index is -3.64. The van der Waals surface area contributed by atoms with Gasteiger partial charge in [0.05, 0.1) is 17.0 Å². The highest BCUT2D eigenvalue weighted by molar-refractivity contribution is 9.10. The van der Waals surface area contributed by atoms with Gasteiger partial charge in [0, 0.05) is 10.2 Å². The molecule has 1 aliphatic rings. The summed E-state index contributed by atoms with van der Waals surface area (Å²) in [6.07, 6.45) is 2.25. The molecule has 4 N–H and O–H groups in total. The minimum absolute atomic E-state index is 0.114. The number of halogens is 1. The van der Waals surface area contributed by atoms with Gasteiger partial charge in [0.2, 0.25) is 10.0 Å². The van der Waals surface area contributed by atoms with Gasteiger partial charge in [-0.25, -0.2) is 13.1 Å². The van der Waals surface area contributed by atoms with E-state index in [1.807, 2.05) is 0 Å². The van der Waals surface area contributed by atoms with Crippen LogP contribution in [0.2, 0.25) is 0 Å². The Morgan fingerprint density at radius 3 is 2.56 bits per heavy atom. The molecule has 0 aromatic heterocycles. The van der Waals surface area contributed by atoms with Crippen molar-refractivity contribution in [2.24, 2.45) is 0 Å². The van der Waals surface area contributed by atoms with E-state index in [0.717, 1.165) is 6.42 Å². The summed E-state index contributed by atoms with van der Waals surface area (Å²) in [5.41, 5.74) is 5.34. The van der Waals surface area contributed by atoms with Crippen molar-refractivity contribution in [3.63, 3.8) is 0 Å². The molecule has 0 atom stereocenters. The van der Waals surface area contributed by atoms with Crippen LogP contribution in [0.1, 0.15) is 19.3 Å². The van der Waals surface area contributed by atoms with Crippen LogP contribution in [0.25, 0.3) is 0 Å². The number of rotatable bonds is 4. The molecule has 5 nitrogen and oxygen atoms in total. The van der Waals surface area contributed by atoms with Crippen molar-refractivity contribution in [3.8, 4) is 0 Å². The van der Waals surface area contributed by atoms with Crippen molar-refractivity contribution < 1.29 is 13.5 Å². The molecule has 100 valence electrons. The zero-order valence-corrected chi connectivity index (χ0v) is 12.1. The fourth-order valence-corrected chi connectivity index (χ4v) is 3.66. The lowest BCUT2D eigenvalue weighted by molar-refractivity contribution is 0.110. The predicted molar refractivity (Wildman–Crippen MR) is 72.5 cm³/mol. The van der Waals surface area contributed by atoms with E-state index in [1.54, 1.807) is 6.07 Å². The molecule has 1 fully saturated rings. The van der Waals surface area contributed by atoms with Gasteiger partial charge in [-0.1, -0.05) is 0 Å². The quantitative estimate of drug-likeness (QED) is 0.722. The lowest BCUT2D eigenvalue weighted by Crippen LogP contribution is -2.55. The highest BCUT2D eigenvalue weighted by Crippen LogP contribution is 2.33. The molecular formula is C11H15BrN2O3S. The SMILES string of the molecule is Nc1cc(S(=O)(=O)NC2(CO)CCC2)ccc1Br. The number of hydrogen-bond acceptors (Lipinski definition) is 4. The van der Waals surface area contributed by atoms with E-state index in [1.165, 1.54) is 12.1 Å². The topological polar surface area (TPSA) is 92.4 Å². The Bertz CT molecular complexity index is 550. The van der Waals surface area contributed by atoms with Crippen LogP contribution in [0.3, 0.4) is 0 Å². The zero-order chi connectivity index (χ0) is 13.4. The summed E-state index contributed by atoms with van der Waals surface area (Å²) < 4.78 is 27.6. The summed E-state index contributed by atoms with van der Waals surface area (Å²) in [5, 5.41) is 9.29. The van der Waals surface area contributed by atoms with Gasteiger partial charge in [0.15, 0.2) is 0 Å². The van der Waals surface area contributed by atoms with Crippen molar-refractivity contribution in [3.05, 3.63) is 22.7 Å². The van der Waals surface area contributed by atoms with Gasteiger partial charge in [-0.2, -0.15) is 0 Å². The molecule has 1 aromatic carbocycles. The molecule has 1 aromatic rings. The van der Waals surface area contributed by atoms with E-state index < -0.39 is 15.6 Å². The Morgan fingerprint density at radius 1 is 1.44 bits per heavy atom. The first kappa shape index (κ1) is 13.8. The van der Waals surface area contributed by atoms with Gasteiger partial charge >= 0.3 is 0 Å². The molecule has 0 heterocycles. The van der Waals surface area contributed by atoms with Gasteiger partial charge in [0.1, 0.15) is 0 Å². The number of anilines is 1. The standard InChI is InChI=1S/C11H15BrN2O3S/c12-9-3-2-8(6-10(9)13)18(16,17)14-11(7-15)4-1-5-11/h2-3,6,14-15H,1,4-5,7,13H2. The molecule has 0 bridgehead atoms. The van der Waals surface area contributed by atoms with E-state index in [0.29, 0.717) is 23.0 Å². The number of nitrogen functional groups attached to an aromatic ring is 1. The van der Waals surface area contributed by atoms with Crippen molar-refractivity contribution in [2.45, 2.75) is 29.7 Å². The number of nitrogens with two attached hydrogens (primary N) is 1. The molecule has 0 aliphatic heterocycles. The van der Waals surface area contributed by atoms with Gasteiger partial charge in [-0.15, -0.1) is 0 Å². The van der Waals surface area contributed by atoms with E-state index in [2.05, 4.69) is 20.7 Å².